The first kappa shape index (κ1) is 18.2. The smallest absolute Gasteiger partial charge is 0.219 e. The van der Waals surface area contributed by atoms with Crippen molar-refractivity contribution in [3.63, 3.8) is 0 Å². The maximum atomic E-state index is 11.4. The van der Waals surface area contributed by atoms with Gasteiger partial charge in [-0.3, -0.25) is 14.8 Å². The predicted molar refractivity (Wildman–Crippen MR) is 97.1 cm³/mol. The Hall–Kier alpha value is -2.56. The van der Waals surface area contributed by atoms with E-state index >= 15 is 0 Å². The summed E-state index contributed by atoms with van der Waals surface area (Å²) < 4.78 is 5.98. The van der Waals surface area contributed by atoms with Crippen molar-refractivity contribution in [3.05, 3.63) is 40.2 Å². The molecule has 0 spiro atoms. The summed E-state index contributed by atoms with van der Waals surface area (Å²) in [5.41, 5.74) is 2.04. The van der Waals surface area contributed by atoms with Crippen LogP contribution in [0.4, 0.5) is 0 Å². The van der Waals surface area contributed by atoms with Gasteiger partial charge in [0.05, 0.1) is 17.3 Å². The van der Waals surface area contributed by atoms with Crippen molar-refractivity contribution in [2.75, 3.05) is 26.2 Å². The second kappa shape index (κ2) is 7.77. The van der Waals surface area contributed by atoms with E-state index in [-0.39, 0.29) is 5.91 Å². The highest BCUT2D eigenvalue weighted by Crippen LogP contribution is 2.30. The number of hydrogen-bond donors (Lipinski definition) is 1. The molecule has 3 rings (SSSR count). The molecule has 0 unspecified atom stereocenters. The number of carbonyl (C=O) groups excluding carboxylic acids is 1. The second-order valence-corrected chi connectivity index (χ2v) is 6.73. The number of nitrogens with one attached hydrogen (secondary N) is 1. The Labute approximate surface area is 157 Å². The van der Waals surface area contributed by atoms with Gasteiger partial charge in [-0.15, -0.1) is 0 Å². The summed E-state index contributed by atoms with van der Waals surface area (Å²) in [5, 5.41) is 16.8. The molecule has 26 heavy (non-hydrogen) atoms. The zero-order chi connectivity index (χ0) is 18.7. The third kappa shape index (κ3) is 4.15. The van der Waals surface area contributed by atoms with Crippen molar-refractivity contribution < 1.29 is 9.53 Å². The van der Waals surface area contributed by atoms with Crippen LogP contribution in [0.2, 0.25) is 5.02 Å². The standard InChI is InChI=1S/C18H20ClN5O2/c1-12-18(26-16-8-14(10-20)7-15(19)9-16)17(22-21-12)11-23-3-5-24(6-4-23)13(2)25/h7-9H,3-6,11H2,1-2H3,(H,21,22). The fourth-order valence-electron chi connectivity index (χ4n) is 2.95. The van der Waals surface area contributed by atoms with Crippen LogP contribution < -0.4 is 4.74 Å². The molecular weight excluding hydrogens is 354 g/mol. The number of nitriles is 1. The minimum absolute atomic E-state index is 0.110. The van der Waals surface area contributed by atoms with Crippen LogP contribution in [-0.4, -0.2) is 52.1 Å². The van der Waals surface area contributed by atoms with Crippen LogP contribution in [0.15, 0.2) is 18.2 Å². The van der Waals surface area contributed by atoms with E-state index in [0.717, 1.165) is 37.6 Å². The SMILES string of the molecule is CC(=O)N1CCN(Cc2n[nH]c(C)c2Oc2cc(Cl)cc(C#N)c2)CC1. The predicted octanol–water partition coefficient (Wildman–Crippen LogP) is 2.70. The molecule has 1 aromatic carbocycles. The number of benzene rings is 1. The summed E-state index contributed by atoms with van der Waals surface area (Å²) in [4.78, 5) is 15.5. The fraction of sp³-hybridized carbons (Fsp3) is 0.389. The minimum atomic E-state index is 0.110. The summed E-state index contributed by atoms with van der Waals surface area (Å²) >= 11 is 6.05. The molecule has 1 N–H and O–H groups in total. The van der Waals surface area contributed by atoms with Gasteiger partial charge in [-0.05, 0) is 25.1 Å². The molecule has 1 aromatic heterocycles. The van der Waals surface area contributed by atoms with E-state index in [1.807, 2.05) is 11.8 Å². The van der Waals surface area contributed by atoms with Gasteiger partial charge in [0.1, 0.15) is 11.4 Å². The molecule has 8 heteroatoms. The molecular formula is C18H20ClN5O2. The zero-order valence-corrected chi connectivity index (χ0v) is 15.5. The highest BCUT2D eigenvalue weighted by Gasteiger charge is 2.22. The average Bonchev–Trinajstić information content (AvgIpc) is 2.95. The normalized spacial score (nSPS) is 14.9. The van der Waals surface area contributed by atoms with Crippen molar-refractivity contribution in [2.45, 2.75) is 20.4 Å². The number of carbonyl (C=O) groups is 1. The van der Waals surface area contributed by atoms with Gasteiger partial charge in [0.25, 0.3) is 0 Å². The largest absolute Gasteiger partial charge is 0.453 e. The molecule has 7 nitrogen and oxygen atoms in total. The number of halogens is 1. The summed E-state index contributed by atoms with van der Waals surface area (Å²) in [6.45, 7) is 7.12. The first-order chi connectivity index (χ1) is 12.5. The number of aryl methyl sites for hydroxylation is 1. The van der Waals surface area contributed by atoms with Gasteiger partial charge in [-0.2, -0.15) is 10.4 Å². The number of ether oxygens (including phenoxy) is 1. The van der Waals surface area contributed by atoms with Gasteiger partial charge >= 0.3 is 0 Å². The van der Waals surface area contributed by atoms with Crippen molar-refractivity contribution >= 4 is 17.5 Å². The van der Waals surface area contributed by atoms with Crippen LogP contribution >= 0.6 is 11.6 Å². The molecule has 2 aromatic rings. The molecule has 0 atom stereocenters. The fourth-order valence-corrected chi connectivity index (χ4v) is 3.17. The Bertz CT molecular complexity index is 850. The number of rotatable bonds is 4. The molecule has 1 amide bonds. The van der Waals surface area contributed by atoms with Crippen molar-refractivity contribution in [1.29, 1.82) is 5.26 Å². The van der Waals surface area contributed by atoms with Gasteiger partial charge in [-0.1, -0.05) is 11.6 Å². The van der Waals surface area contributed by atoms with Gasteiger partial charge in [0.15, 0.2) is 5.75 Å². The van der Waals surface area contributed by atoms with Gasteiger partial charge < -0.3 is 9.64 Å². The molecule has 136 valence electrons. The molecule has 0 bridgehead atoms. The molecule has 1 saturated heterocycles. The molecule has 1 aliphatic heterocycles. The molecule has 1 fully saturated rings. The van der Waals surface area contributed by atoms with E-state index in [1.165, 1.54) is 0 Å². The number of piperazine rings is 1. The summed E-state index contributed by atoms with van der Waals surface area (Å²) in [6, 6.07) is 6.97. The maximum absolute atomic E-state index is 11.4. The lowest BCUT2D eigenvalue weighted by Crippen LogP contribution is -2.47. The van der Waals surface area contributed by atoms with E-state index in [4.69, 9.17) is 21.6 Å². The van der Waals surface area contributed by atoms with E-state index in [1.54, 1.807) is 25.1 Å². The summed E-state index contributed by atoms with van der Waals surface area (Å²) in [5.74, 6) is 1.25. The van der Waals surface area contributed by atoms with E-state index in [0.29, 0.717) is 28.6 Å². The van der Waals surface area contributed by atoms with E-state index < -0.39 is 0 Å². The van der Waals surface area contributed by atoms with Gasteiger partial charge in [-0.25, -0.2) is 0 Å². The number of H-pyrrole nitrogens is 1. The van der Waals surface area contributed by atoms with E-state index in [2.05, 4.69) is 21.2 Å². The number of aromatic nitrogens is 2. The third-order valence-corrected chi connectivity index (χ3v) is 4.59. The third-order valence-electron chi connectivity index (χ3n) is 4.37. The zero-order valence-electron chi connectivity index (χ0n) is 14.8. The Kier molecular flexibility index (Phi) is 5.45. The Morgan fingerprint density at radius 2 is 2.08 bits per heavy atom. The Morgan fingerprint density at radius 3 is 2.73 bits per heavy atom. The summed E-state index contributed by atoms with van der Waals surface area (Å²) in [6.07, 6.45) is 0. The van der Waals surface area contributed by atoms with Crippen LogP contribution in [0.3, 0.4) is 0 Å². The second-order valence-electron chi connectivity index (χ2n) is 6.30. The van der Waals surface area contributed by atoms with Crippen molar-refractivity contribution in [3.8, 4) is 17.6 Å². The molecule has 0 saturated carbocycles. The lowest BCUT2D eigenvalue weighted by molar-refractivity contribution is -0.130. The van der Waals surface area contributed by atoms with Crippen LogP contribution in [0.5, 0.6) is 11.5 Å². The minimum Gasteiger partial charge on any atom is -0.453 e. The highest BCUT2D eigenvalue weighted by atomic mass is 35.5. The monoisotopic (exact) mass is 373 g/mol. The van der Waals surface area contributed by atoms with Crippen molar-refractivity contribution in [1.82, 2.24) is 20.0 Å². The van der Waals surface area contributed by atoms with Gasteiger partial charge in [0.2, 0.25) is 5.91 Å². The number of nitrogens with zero attached hydrogens (tertiary/aromatic N) is 4. The highest BCUT2D eigenvalue weighted by molar-refractivity contribution is 6.30. The van der Waals surface area contributed by atoms with E-state index in [9.17, 15) is 4.79 Å². The molecule has 2 heterocycles. The van der Waals surface area contributed by atoms with Crippen LogP contribution in [0, 0.1) is 18.3 Å². The first-order valence-electron chi connectivity index (χ1n) is 8.36. The van der Waals surface area contributed by atoms with Gasteiger partial charge in [0, 0.05) is 44.7 Å². The Balaban J connectivity index is 1.73. The number of hydrogen-bond acceptors (Lipinski definition) is 5. The first-order valence-corrected chi connectivity index (χ1v) is 8.74. The Morgan fingerprint density at radius 1 is 1.35 bits per heavy atom. The number of amides is 1. The quantitative estimate of drug-likeness (QED) is 0.890. The molecule has 0 radical (unpaired) electrons. The van der Waals surface area contributed by atoms with Crippen molar-refractivity contribution in [2.24, 2.45) is 0 Å². The molecule has 0 aliphatic carbocycles. The topological polar surface area (TPSA) is 85.2 Å². The molecule has 1 aliphatic rings. The maximum Gasteiger partial charge on any atom is 0.219 e. The average molecular weight is 374 g/mol. The number of aromatic amines is 1. The lowest BCUT2D eigenvalue weighted by Gasteiger charge is -2.33. The van der Waals surface area contributed by atoms with Crippen LogP contribution in [-0.2, 0) is 11.3 Å². The lowest BCUT2D eigenvalue weighted by atomic mass is 10.2. The van der Waals surface area contributed by atoms with Crippen LogP contribution in [0.25, 0.3) is 0 Å². The summed E-state index contributed by atoms with van der Waals surface area (Å²) in [7, 11) is 0. The van der Waals surface area contributed by atoms with Crippen LogP contribution in [0.1, 0.15) is 23.9 Å².